The highest BCUT2D eigenvalue weighted by atomic mass is 15.1. The van der Waals surface area contributed by atoms with Gasteiger partial charge in [0.15, 0.2) is 18.9 Å². The number of aromatic nitrogens is 1. The third-order valence-electron chi connectivity index (χ3n) is 8.47. The van der Waals surface area contributed by atoms with Gasteiger partial charge < -0.3 is 31.5 Å². The molecule has 0 amide bonds. The summed E-state index contributed by atoms with van der Waals surface area (Å²) < 4.78 is 2.19. The zero-order valence-electron chi connectivity index (χ0n) is 27.9. The van der Waals surface area contributed by atoms with Crippen molar-refractivity contribution >= 4 is 45.5 Å². The van der Waals surface area contributed by atoms with E-state index in [0.717, 1.165) is 65.1 Å². The molecule has 7 heteroatoms. The first-order chi connectivity index (χ1) is 23.6. The molecule has 0 saturated carbocycles. The molecule has 0 saturated heterocycles. The van der Waals surface area contributed by atoms with E-state index < -0.39 is 0 Å². The Kier molecular flexibility index (Phi) is 10.4. The summed E-state index contributed by atoms with van der Waals surface area (Å²) in [6, 6.07) is 47.4. The third kappa shape index (κ3) is 8.25. The van der Waals surface area contributed by atoms with E-state index in [1.54, 1.807) is 0 Å². The van der Waals surface area contributed by atoms with Crippen LogP contribution >= 0.6 is 0 Å². The second-order valence-corrected chi connectivity index (χ2v) is 11.7. The van der Waals surface area contributed by atoms with Crippen LogP contribution in [0.2, 0.25) is 0 Å². The molecule has 48 heavy (non-hydrogen) atoms. The van der Waals surface area contributed by atoms with Crippen LogP contribution in [-0.4, -0.2) is 21.1 Å². The topological polar surface area (TPSA) is 67.3 Å². The molecule has 0 atom stereocenters. The van der Waals surface area contributed by atoms with Gasteiger partial charge in [-0.25, -0.2) is 4.57 Å². The predicted molar refractivity (Wildman–Crippen MR) is 203 cm³/mol. The lowest BCUT2D eigenvalue weighted by molar-refractivity contribution is -0.688. The van der Waals surface area contributed by atoms with Gasteiger partial charge in [0.1, 0.15) is 0 Å². The first-order valence-electron chi connectivity index (χ1n) is 16.4. The van der Waals surface area contributed by atoms with E-state index in [2.05, 4.69) is 182 Å². The number of rotatable bonds is 14. The fourth-order valence-corrected chi connectivity index (χ4v) is 5.58. The number of anilines is 8. The second-order valence-electron chi connectivity index (χ2n) is 11.7. The zero-order chi connectivity index (χ0) is 33.1. The average molecular weight is 635 g/mol. The Morgan fingerprint density at radius 2 is 0.729 bits per heavy atom. The van der Waals surface area contributed by atoms with Crippen LogP contribution in [0.3, 0.4) is 0 Å². The third-order valence-corrected chi connectivity index (χ3v) is 8.47. The van der Waals surface area contributed by atoms with Gasteiger partial charge in [-0.2, -0.15) is 0 Å². The van der Waals surface area contributed by atoms with E-state index in [4.69, 9.17) is 0 Å². The van der Waals surface area contributed by atoms with Crippen molar-refractivity contribution in [3.05, 3.63) is 163 Å². The van der Waals surface area contributed by atoms with Crippen LogP contribution in [0.5, 0.6) is 0 Å². The minimum absolute atomic E-state index is 0.750. The van der Waals surface area contributed by atoms with Crippen molar-refractivity contribution in [2.24, 2.45) is 0 Å². The van der Waals surface area contributed by atoms with Crippen LogP contribution in [0, 0.1) is 0 Å². The van der Waals surface area contributed by atoms with Crippen LogP contribution in [0.4, 0.5) is 45.5 Å². The molecule has 0 fully saturated rings. The Hall–Kier alpha value is -5.95. The van der Waals surface area contributed by atoms with Gasteiger partial charge in [0.05, 0.1) is 0 Å². The number of nitrogens with one attached hydrogen (secondary N) is 5. The van der Waals surface area contributed by atoms with Gasteiger partial charge in [0.2, 0.25) is 0 Å². The van der Waals surface area contributed by atoms with Gasteiger partial charge in [-0.3, -0.25) is 0 Å². The SMILES string of the molecule is CNc1ccc(NCc2ccc(N(c3ccc(CNc4ccc(NC)cc4)cc3)c3ccc(C[n+]4ccc(NC)cc4)cc3)cc2)cc1. The van der Waals surface area contributed by atoms with Gasteiger partial charge in [0, 0.05) is 97.4 Å². The van der Waals surface area contributed by atoms with E-state index in [0.29, 0.717) is 0 Å². The molecular formula is C41H44N7+. The van der Waals surface area contributed by atoms with Gasteiger partial charge in [0.25, 0.3) is 0 Å². The molecule has 1 aromatic heterocycles. The molecule has 7 nitrogen and oxygen atoms in total. The Morgan fingerprint density at radius 3 is 1.10 bits per heavy atom. The normalized spacial score (nSPS) is 10.6. The van der Waals surface area contributed by atoms with Gasteiger partial charge in [-0.05, 0) is 96.1 Å². The van der Waals surface area contributed by atoms with E-state index >= 15 is 0 Å². The van der Waals surface area contributed by atoms with Crippen LogP contribution in [-0.2, 0) is 19.6 Å². The average Bonchev–Trinajstić information content (AvgIpc) is 3.15. The maximum atomic E-state index is 3.54. The lowest BCUT2D eigenvalue weighted by atomic mass is 10.1. The van der Waals surface area contributed by atoms with Crippen LogP contribution < -0.4 is 36.1 Å². The number of hydrogen-bond acceptors (Lipinski definition) is 6. The molecule has 0 aliphatic heterocycles. The van der Waals surface area contributed by atoms with E-state index in [-0.39, 0.29) is 0 Å². The second kappa shape index (κ2) is 15.6. The fraction of sp³-hybridized carbons (Fsp3) is 0.146. The Morgan fingerprint density at radius 1 is 0.396 bits per heavy atom. The largest absolute Gasteiger partial charge is 0.388 e. The summed E-state index contributed by atoms with van der Waals surface area (Å²) in [5.74, 6) is 0. The van der Waals surface area contributed by atoms with Crippen molar-refractivity contribution < 1.29 is 4.57 Å². The molecule has 0 spiro atoms. The minimum atomic E-state index is 0.750. The smallest absolute Gasteiger partial charge is 0.173 e. The van der Waals surface area contributed by atoms with Crippen molar-refractivity contribution in [1.82, 2.24) is 0 Å². The van der Waals surface area contributed by atoms with Crippen LogP contribution in [0.15, 0.2) is 146 Å². The Bertz CT molecular complexity index is 1760. The quantitative estimate of drug-likeness (QED) is 0.0772. The summed E-state index contributed by atoms with van der Waals surface area (Å²) in [6.07, 6.45) is 4.21. The molecule has 0 aliphatic carbocycles. The molecule has 5 N–H and O–H groups in total. The summed E-state index contributed by atoms with van der Waals surface area (Å²) in [5.41, 5.74) is 12.5. The lowest BCUT2D eigenvalue weighted by Crippen LogP contribution is -2.33. The van der Waals surface area contributed by atoms with E-state index in [1.165, 1.54) is 16.7 Å². The molecule has 0 unspecified atom stereocenters. The van der Waals surface area contributed by atoms with Crippen LogP contribution in [0.25, 0.3) is 0 Å². The highest BCUT2D eigenvalue weighted by molar-refractivity contribution is 5.76. The molecule has 0 radical (unpaired) electrons. The standard InChI is InChI=1S/C41H43N7/c1-42-34-10-14-37(15-11-34)45-28-31-4-18-39(19-5-31)48(41-22-8-33(9-23-41)30-47-26-24-36(44-3)25-27-47)40-20-6-32(7-21-40)29-46-38-16-12-35(43-2)13-17-38/h4-27,42-43,45-46H,28-30H2,1-3H3/p+1. The van der Waals surface area contributed by atoms with Gasteiger partial charge in [-0.15, -0.1) is 0 Å². The van der Waals surface area contributed by atoms with Crippen molar-refractivity contribution in [2.75, 3.05) is 52.6 Å². The van der Waals surface area contributed by atoms with Crippen molar-refractivity contribution in [3.63, 3.8) is 0 Å². The summed E-state index contributed by atoms with van der Waals surface area (Å²) in [7, 11) is 5.80. The summed E-state index contributed by atoms with van der Waals surface area (Å²) in [5, 5.41) is 16.6. The Balaban J connectivity index is 1.20. The van der Waals surface area contributed by atoms with Crippen LogP contribution in [0.1, 0.15) is 16.7 Å². The lowest BCUT2D eigenvalue weighted by Gasteiger charge is -2.26. The fourth-order valence-electron chi connectivity index (χ4n) is 5.58. The number of nitrogens with zero attached hydrogens (tertiary/aromatic N) is 2. The van der Waals surface area contributed by atoms with Crippen molar-refractivity contribution in [1.29, 1.82) is 0 Å². The molecule has 242 valence electrons. The molecular weight excluding hydrogens is 591 g/mol. The first kappa shape index (κ1) is 32.0. The summed E-state index contributed by atoms with van der Waals surface area (Å²) >= 11 is 0. The maximum absolute atomic E-state index is 3.54. The minimum Gasteiger partial charge on any atom is -0.388 e. The Labute approximate surface area is 284 Å². The van der Waals surface area contributed by atoms with Crippen molar-refractivity contribution in [2.45, 2.75) is 19.6 Å². The van der Waals surface area contributed by atoms with E-state index in [1.807, 2.05) is 21.1 Å². The predicted octanol–water partition coefficient (Wildman–Crippen LogP) is 8.84. The summed E-state index contributed by atoms with van der Waals surface area (Å²) in [4.78, 5) is 2.32. The molecule has 0 bridgehead atoms. The number of pyridine rings is 1. The van der Waals surface area contributed by atoms with Gasteiger partial charge >= 0.3 is 0 Å². The number of benzene rings is 5. The molecule has 6 aromatic rings. The monoisotopic (exact) mass is 634 g/mol. The van der Waals surface area contributed by atoms with Crippen molar-refractivity contribution in [3.8, 4) is 0 Å². The maximum Gasteiger partial charge on any atom is 0.173 e. The molecule has 5 aromatic carbocycles. The number of hydrogen-bond donors (Lipinski definition) is 5. The highest BCUT2D eigenvalue weighted by Gasteiger charge is 2.14. The summed E-state index contributed by atoms with van der Waals surface area (Å²) in [6.45, 7) is 2.31. The molecule has 0 aliphatic rings. The molecule has 6 rings (SSSR count). The first-order valence-corrected chi connectivity index (χ1v) is 16.4. The van der Waals surface area contributed by atoms with E-state index in [9.17, 15) is 0 Å². The molecule has 1 heterocycles. The highest BCUT2D eigenvalue weighted by Crippen LogP contribution is 2.35. The zero-order valence-corrected chi connectivity index (χ0v) is 27.9. The van der Waals surface area contributed by atoms with Gasteiger partial charge in [-0.1, -0.05) is 36.4 Å².